The smallest absolute Gasteiger partial charge is 0.326 e. The molecule has 1 aromatic heterocycles. The van der Waals surface area contributed by atoms with Gasteiger partial charge in [-0.15, -0.1) is 0 Å². The standard InChI is InChI=1S/C12H14N2O6/c1-6(15)7-3-8(13-5-7)11(17)14-9(12(18)19)4-10(16)20-2/h3,5,9,13H,4H2,1-2H3,(H,14,17)(H,18,19)/t9-/m0/s1. The van der Waals surface area contributed by atoms with Crippen LogP contribution in [-0.4, -0.2) is 46.9 Å². The highest BCUT2D eigenvalue weighted by Crippen LogP contribution is 2.05. The summed E-state index contributed by atoms with van der Waals surface area (Å²) in [6, 6.07) is -0.103. The van der Waals surface area contributed by atoms with Crippen molar-refractivity contribution in [1.29, 1.82) is 0 Å². The van der Waals surface area contributed by atoms with Crippen molar-refractivity contribution in [3.8, 4) is 0 Å². The van der Waals surface area contributed by atoms with Crippen LogP contribution in [-0.2, 0) is 14.3 Å². The molecule has 1 atom stereocenters. The molecule has 1 amide bonds. The Morgan fingerprint density at radius 1 is 1.40 bits per heavy atom. The van der Waals surface area contributed by atoms with Crippen molar-refractivity contribution >= 4 is 23.6 Å². The minimum Gasteiger partial charge on any atom is -0.480 e. The first-order valence-corrected chi connectivity index (χ1v) is 5.65. The molecule has 0 aliphatic rings. The molecule has 0 aliphatic heterocycles. The summed E-state index contributed by atoms with van der Waals surface area (Å²) in [6.45, 7) is 1.34. The van der Waals surface area contributed by atoms with Gasteiger partial charge >= 0.3 is 11.9 Å². The van der Waals surface area contributed by atoms with Gasteiger partial charge < -0.3 is 20.1 Å². The second kappa shape index (κ2) is 6.50. The Morgan fingerprint density at radius 3 is 2.50 bits per heavy atom. The zero-order chi connectivity index (χ0) is 15.3. The molecule has 1 heterocycles. The lowest BCUT2D eigenvalue weighted by Gasteiger charge is -2.12. The Bertz CT molecular complexity index is 548. The third-order valence-electron chi connectivity index (χ3n) is 2.54. The number of hydrogen-bond acceptors (Lipinski definition) is 5. The first-order valence-electron chi connectivity index (χ1n) is 5.65. The maximum absolute atomic E-state index is 11.8. The first-order chi connectivity index (χ1) is 9.35. The number of aromatic nitrogens is 1. The number of carboxylic acids is 1. The topological polar surface area (TPSA) is 126 Å². The Hall–Kier alpha value is -2.64. The number of amides is 1. The molecule has 0 unspecified atom stereocenters. The van der Waals surface area contributed by atoms with E-state index in [1.165, 1.54) is 19.2 Å². The van der Waals surface area contributed by atoms with E-state index in [4.69, 9.17) is 5.11 Å². The second-order valence-corrected chi connectivity index (χ2v) is 4.00. The Balaban J connectivity index is 2.77. The number of esters is 1. The number of rotatable bonds is 6. The lowest BCUT2D eigenvalue weighted by molar-refractivity contribution is -0.147. The summed E-state index contributed by atoms with van der Waals surface area (Å²) in [5.74, 6) is -3.07. The SMILES string of the molecule is COC(=O)C[C@H](NC(=O)c1cc(C(C)=O)c[nH]1)C(=O)O. The molecule has 1 rings (SSSR count). The molecule has 0 saturated heterocycles. The largest absolute Gasteiger partial charge is 0.480 e. The van der Waals surface area contributed by atoms with Gasteiger partial charge in [0.15, 0.2) is 5.78 Å². The van der Waals surface area contributed by atoms with Gasteiger partial charge in [-0.2, -0.15) is 0 Å². The van der Waals surface area contributed by atoms with Crippen LogP contribution in [0, 0.1) is 0 Å². The van der Waals surface area contributed by atoms with Crippen molar-refractivity contribution in [1.82, 2.24) is 10.3 Å². The fourth-order valence-corrected chi connectivity index (χ4v) is 1.41. The molecular formula is C12H14N2O6. The number of H-pyrrole nitrogens is 1. The van der Waals surface area contributed by atoms with Crippen LogP contribution in [0.25, 0.3) is 0 Å². The lowest BCUT2D eigenvalue weighted by atomic mass is 10.2. The van der Waals surface area contributed by atoms with E-state index >= 15 is 0 Å². The van der Waals surface area contributed by atoms with Crippen LogP contribution in [0.1, 0.15) is 34.2 Å². The number of carboxylic acid groups (broad SMARTS) is 1. The molecule has 1 aromatic rings. The lowest BCUT2D eigenvalue weighted by Crippen LogP contribution is -2.42. The Kier molecular flexibility index (Phi) is 5.01. The highest BCUT2D eigenvalue weighted by atomic mass is 16.5. The molecule has 0 radical (unpaired) electrons. The number of nitrogens with one attached hydrogen (secondary N) is 2. The fourth-order valence-electron chi connectivity index (χ4n) is 1.41. The van der Waals surface area contributed by atoms with Crippen LogP contribution >= 0.6 is 0 Å². The van der Waals surface area contributed by atoms with Crippen LogP contribution in [0.15, 0.2) is 12.3 Å². The zero-order valence-electron chi connectivity index (χ0n) is 10.9. The van der Waals surface area contributed by atoms with Crippen molar-refractivity contribution in [3.63, 3.8) is 0 Å². The number of hydrogen-bond donors (Lipinski definition) is 3. The van der Waals surface area contributed by atoms with Gasteiger partial charge in [-0.25, -0.2) is 4.79 Å². The predicted molar refractivity (Wildman–Crippen MR) is 66.3 cm³/mol. The van der Waals surface area contributed by atoms with Crippen molar-refractivity contribution in [2.24, 2.45) is 0 Å². The quantitative estimate of drug-likeness (QED) is 0.496. The van der Waals surface area contributed by atoms with Crippen molar-refractivity contribution < 1.29 is 29.0 Å². The van der Waals surface area contributed by atoms with Crippen LogP contribution in [0.3, 0.4) is 0 Å². The Morgan fingerprint density at radius 2 is 2.05 bits per heavy atom. The molecule has 0 fully saturated rings. The zero-order valence-corrected chi connectivity index (χ0v) is 10.9. The summed E-state index contributed by atoms with van der Waals surface area (Å²) in [4.78, 5) is 47.4. The molecule has 20 heavy (non-hydrogen) atoms. The fraction of sp³-hybridized carbons (Fsp3) is 0.333. The van der Waals surface area contributed by atoms with Crippen LogP contribution < -0.4 is 5.32 Å². The second-order valence-electron chi connectivity index (χ2n) is 4.00. The van der Waals surface area contributed by atoms with Gasteiger partial charge in [0, 0.05) is 11.8 Å². The summed E-state index contributed by atoms with van der Waals surface area (Å²) in [7, 11) is 1.12. The van der Waals surface area contributed by atoms with Gasteiger partial charge in [0.25, 0.3) is 5.91 Å². The summed E-state index contributed by atoms with van der Waals surface area (Å²) in [5.41, 5.74) is 0.335. The van der Waals surface area contributed by atoms with Crippen LogP contribution in [0.2, 0.25) is 0 Å². The van der Waals surface area contributed by atoms with E-state index in [9.17, 15) is 19.2 Å². The van der Waals surface area contributed by atoms with Crippen molar-refractivity contribution in [3.05, 3.63) is 23.5 Å². The van der Waals surface area contributed by atoms with Gasteiger partial charge in [-0.05, 0) is 13.0 Å². The summed E-state index contributed by atoms with van der Waals surface area (Å²) in [6.07, 6.45) is 0.852. The summed E-state index contributed by atoms with van der Waals surface area (Å²) < 4.78 is 4.35. The minimum absolute atomic E-state index is 0.0336. The number of aromatic amines is 1. The van der Waals surface area contributed by atoms with Gasteiger partial charge in [0.1, 0.15) is 11.7 Å². The number of methoxy groups -OCH3 is 1. The first kappa shape index (κ1) is 15.4. The normalized spacial score (nSPS) is 11.5. The number of aliphatic carboxylic acids is 1. The summed E-state index contributed by atoms with van der Waals surface area (Å²) in [5, 5.41) is 11.1. The molecule has 8 nitrogen and oxygen atoms in total. The number of carbonyl (C=O) groups excluding carboxylic acids is 3. The van der Waals surface area contributed by atoms with Crippen LogP contribution in [0.5, 0.6) is 0 Å². The van der Waals surface area contributed by atoms with E-state index in [1.54, 1.807) is 0 Å². The average molecular weight is 282 g/mol. The van der Waals surface area contributed by atoms with Gasteiger partial charge in [0.05, 0.1) is 13.5 Å². The molecule has 0 bridgehead atoms. The number of carbonyl (C=O) groups is 4. The minimum atomic E-state index is -1.40. The van der Waals surface area contributed by atoms with E-state index in [0.717, 1.165) is 7.11 Å². The molecular weight excluding hydrogens is 268 g/mol. The predicted octanol–water partition coefficient (Wildman–Crippen LogP) is -0.0366. The highest BCUT2D eigenvalue weighted by Gasteiger charge is 2.24. The van der Waals surface area contributed by atoms with Gasteiger partial charge in [-0.1, -0.05) is 0 Å². The Labute approximate surface area is 114 Å². The molecule has 8 heteroatoms. The van der Waals surface area contributed by atoms with E-state index in [1.807, 2.05) is 0 Å². The van der Waals surface area contributed by atoms with E-state index in [2.05, 4.69) is 15.0 Å². The number of ether oxygens (including phenoxy) is 1. The average Bonchev–Trinajstić information content (AvgIpc) is 2.87. The maximum atomic E-state index is 11.8. The maximum Gasteiger partial charge on any atom is 0.326 e. The number of Topliss-reactive ketones (excluding diaryl/α,β-unsaturated/α-hetero) is 1. The molecule has 0 aromatic carbocycles. The van der Waals surface area contributed by atoms with Crippen molar-refractivity contribution in [2.45, 2.75) is 19.4 Å². The highest BCUT2D eigenvalue weighted by molar-refractivity contribution is 6.00. The molecule has 0 saturated carbocycles. The van der Waals surface area contributed by atoms with Crippen molar-refractivity contribution in [2.75, 3.05) is 7.11 Å². The molecule has 0 aliphatic carbocycles. The van der Waals surface area contributed by atoms with E-state index in [0.29, 0.717) is 5.56 Å². The third kappa shape index (κ3) is 3.94. The van der Waals surface area contributed by atoms with Gasteiger partial charge in [0.2, 0.25) is 0 Å². The molecule has 108 valence electrons. The summed E-state index contributed by atoms with van der Waals surface area (Å²) >= 11 is 0. The molecule has 3 N–H and O–H groups in total. The van der Waals surface area contributed by atoms with Crippen LogP contribution in [0.4, 0.5) is 0 Å². The van der Waals surface area contributed by atoms with E-state index in [-0.39, 0.29) is 11.5 Å². The third-order valence-corrected chi connectivity index (χ3v) is 2.54. The van der Waals surface area contributed by atoms with Gasteiger partial charge in [-0.3, -0.25) is 14.4 Å². The number of ketones is 1. The van der Waals surface area contributed by atoms with E-state index < -0.39 is 30.3 Å². The molecule has 0 spiro atoms. The monoisotopic (exact) mass is 282 g/mol.